The van der Waals surface area contributed by atoms with Crippen LogP contribution < -0.4 is 14.8 Å². The van der Waals surface area contributed by atoms with Gasteiger partial charge in [0.1, 0.15) is 29.7 Å². The van der Waals surface area contributed by atoms with E-state index < -0.39 is 5.91 Å². The fourth-order valence-electron chi connectivity index (χ4n) is 2.65. The molecule has 0 aliphatic heterocycles. The van der Waals surface area contributed by atoms with Crippen molar-refractivity contribution in [3.05, 3.63) is 90.6 Å². The normalized spacial score (nSPS) is 10.8. The number of carbonyl (C=O) groups is 1. The second-order valence-corrected chi connectivity index (χ2v) is 8.87. The van der Waals surface area contributed by atoms with E-state index in [-0.39, 0.29) is 5.57 Å². The largest absolute Gasteiger partial charge is 0.497 e. The van der Waals surface area contributed by atoms with Crippen molar-refractivity contribution in [2.45, 2.75) is 6.61 Å². The number of methoxy groups -OCH3 is 1. The summed E-state index contributed by atoms with van der Waals surface area (Å²) in [7, 11) is 1.57. The second-order valence-electron chi connectivity index (χ2n) is 6.46. The highest BCUT2D eigenvalue weighted by atomic mass is 127. The molecule has 0 heterocycles. The average Bonchev–Trinajstić information content (AvgIpc) is 2.78. The zero-order valence-electron chi connectivity index (χ0n) is 16.6. The van der Waals surface area contributed by atoms with Crippen molar-refractivity contribution in [2.75, 3.05) is 12.4 Å². The predicted octanol–water partition coefficient (Wildman–Crippen LogP) is 6.03. The summed E-state index contributed by atoms with van der Waals surface area (Å²) < 4.78 is 13.1. The van der Waals surface area contributed by atoms with Gasteiger partial charge in [0, 0.05) is 9.26 Å². The maximum Gasteiger partial charge on any atom is 0.266 e. The number of rotatable bonds is 7. The molecule has 0 saturated heterocycles. The third kappa shape index (κ3) is 6.70. The summed E-state index contributed by atoms with van der Waals surface area (Å²) in [6.07, 6.45) is 1.56. The minimum Gasteiger partial charge on any atom is -0.497 e. The van der Waals surface area contributed by atoms with Crippen LogP contribution in [-0.4, -0.2) is 13.0 Å². The molecule has 7 heteroatoms. The highest BCUT2D eigenvalue weighted by molar-refractivity contribution is 14.1. The molecule has 5 nitrogen and oxygen atoms in total. The Bertz CT molecular complexity index is 1130. The van der Waals surface area contributed by atoms with Crippen molar-refractivity contribution < 1.29 is 14.3 Å². The van der Waals surface area contributed by atoms with Gasteiger partial charge in [0.05, 0.1) is 10.7 Å². The van der Waals surface area contributed by atoms with Crippen LogP contribution in [0.5, 0.6) is 11.5 Å². The number of nitrogens with one attached hydrogen (secondary N) is 1. The van der Waals surface area contributed by atoms with E-state index >= 15 is 0 Å². The third-order valence-electron chi connectivity index (χ3n) is 4.29. The van der Waals surface area contributed by atoms with Crippen LogP contribution in [0.4, 0.5) is 5.69 Å². The quantitative estimate of drug-likeness (QED) is 0.196. The minimum atomic E-state index is -0.471. The highest BCUT2D eigenvalue weighted by Gasteiger charge is 2.11. The molecule has 156 valence electrons. The zero-order valence-corrected chi connectivity index (χ0v) is 20.9. The Balaban J connectivity index is 1.68. The Morgan fingerprint density at radius 3 is 2.39 bits per heavy atom. The predicted molar refractivity (Wildman–Crippen MR) is 138 cm³/mol. The standard InChI is InChI=1S/C24H18I2N2O3/c1-30-21-9-7-20(8-10-21)28-24(29)18(14-27)12-17-4-11-23(22(26)13-17)31-15-16-2-5-19(25)6-3-16/h2-13H,15H2,1H3,(H,28,29)/b18-12-. The lowest BCUT2D eigenvalue weighted by molar-refractivity contribution is -0.112. The van der Waals surface area contributed by atoms with Gasteiger partial charge in [-0.25, -0.2) is 0 Å². The van der Waals surface area contributed by atoms with Crippen LogP contribution in [0.15, 0.2) is 72.3 Å². The Morgan fingerprint density at radius 2 is 1.77 bits per heavy atom. The minimum absolute atomic E-state index is 0.0131. The van der Waals surface area contributed by atoms with E-state index in [0.29, 0.717) is 18.0 Å². The SMILES string of the molecule is COc1ccc(NC(=O)/C(C#N)=C\c2ccc(OCc3ccc(I)cc3)c(I)c2)cc1. The Kier molecular flexibility index (Phi) is 8.31. The lowest BCUT2D eigenvalue weighted by atomic mass is 10.1. The average molecular weight is 636 g/mol. The van der Waals surface area contributed by atoms with Gasteiger partial charge in [-0.2, -0.15) is 5.26 Å². The first-order valence-electron chi connectivity index (χ1n) is 9.22. The number of carbonyl (C=O) groups excluding carboxylic acids is 1. The van der Waals surface area contributed by atoms with Gasteiger partial charge >= 0.3 is 0 Å². The van der Waals surface area contributed by atoms with E-state index in [1.165, 1.54) is 3.57 Å². The lowest BCUT2D eigenvalue weighted by Gasteiger charge is -2.09. The maximum absolute atomic E-state index is 12.5. The first-order valence-corrected chi connectivity index (χ1v) is 11.4. The number of hydrogen-bond acceptors (Lipinski definition) is 4. The van der Waals surface area contributed by atoms with Crippen molar-refractivity contribution in [1.82, 2.24) is 0 Å². The highest BCUT2D eigenvalue weighted by Crippen LogP contribution is 2.25. The summed E-state index contributed by atoms with van der Waals surface area (Å²) in [5, 5.41) is 12.2. The van der Waals surface area contributed by atoms with Crippen LogP contribution in [0.1, 0.15) is 11.1 Å². The molecule has 0 aliphatic carbocycles. The lowest BCUT2D eigenvalue weighted by Crippen LogP contribution is -2.13. The number of nitrogens with zero attached hydrogens (tertiary/aromatic N) is 1. The Hall–Kier alpha value is -2.58. The molecular formula is C24H18I2N2O3. The topological polar surface area (TPSA) is 71.3 Å². The molecule has 0 atom stereocenters. The molecule has 3 aromatic rings. The molecule has 0 aromatic heterocycles. The van der Waals surface area contributed by atoms with Gasteiger partial charge in [-0.1, -0.05) is 18.2 Å². The molecule has 3 rings (SSSR count). The fourth-order valence-corrected chi connectivity index (χ4v) is 3.71. The first kappa shape index (κ1) is 23.1. The van der Waals surface area contributed by atoms with Crippen molar-refractivity contribution in [2.24, 2.45) is 0 Å². The summed E-state index contributed by atoms with van der Waals surface area (Å²) >= 11 is 4.45. The smallest absolute Gasteiger partial charge is 0.266 e. The molecule has 0 unspecified atom stereocenters. The van der Waals surface area contributed by atoms with Gasteiger partial charge in [-0.3, -0.25) is 4.79 Å². The zero-order chi connectivity index (χ0) is 22.2. The summed E-state index contributed by atoms with van der Waals surface area (Å²) in [4.78, 5) is 12.5. The van der Waals surface area contributed by atoms with E-state index in [9.17, 15) is 10.1 Å². The van der Waals surface area contributed by atoms with Crippen LogP contribution in [0.3, 0.4) is 0 Å². The number of hydrogen-bond donors (Lipinski definition) is 1. The summed E-state index contributed by atoms with van der Waals surface area (Å²) in [6.45, 7) is 0.468. The number of ether oxygens (including phenoxy) is 2. The third-order valence-corrected chi connectivity index (χ3v) is 5.85. The van der Waals surface area contributed by atoms with E-state index in [1.54, 1.807) is 37.5 Å². The number of nitriles is 1. The van der Waals surface area contributed by atoms with Crippen molar-refractivity contribution in [1.29, 1.82) is 5.26 Å². The van der Waals surface area contributed by atoms with E-state index in [0.717, 1.165) is 20.4 Å². The number of anilines is 1. The summed E-state index contributed by atoms with van der Waals surface area (Å²) in [6, 6.07) is 22.6. The van der Waals surface area contributed by atoms with Crippen molar-refractivity contribution in [3.8, 4) is 17.6 Å². The molecule has 0 radical (unpaired) electrons. The van der Waals surface area contributed by atoms with Crippen LogP contribution >= 0.6 is 45.2 Å². The summed E-state index contributed by atoms with van der Waals surface area (Å²) in [5.41, 5.74) is 2.43. The summed E-state index contributed by atoms with van der Waals surface area (Å²) in [5.74, 6) is 0.965. The molecule has 0 aliphatic rings. The van der Waals surface area contributed by atoms with Crippen molar-refractivity contribution >= 4 is 62.9 Å². The molecule has 31 heavy (non-hydrogen) atoms. The van der Waals surface area contributed by atoms with E-state index in [2.05, 4.69) is 50.5 Å². The van der Waals surface area contributed by atoms with Gasteiger partial charge in [0.2, 0.25) is 0 Å². The van der Waals surface area contributed by atoms with Gasteiger partial charge in [-0.05, 0) is 111 Å². The Morgan fingerprint density at radius 1 is 1.06 bits per heavy atom. The van der Waals surface area contributed by atoms with Gasteiger partial charge in [-0.15, -0.1) is 0 Å². The fraction of sp³-hybridized carbons (Fsp3) is 0.0833. The molecular weight excluding hydrogens is 618 g/mol. The number of halogens is 2. The monoisotopic (exact) mass is 636 g/mol. The van der Waals surface area contributed by atoms with Crippen LogP contribution in [0.25, 0.3) is 6.08 Å². The van der Waals surface area contributed by atoms with Gasteiger partial charge in [0.25, 0.3) is 5.91 Å². The number of benzene rings is 3. The number of amides is 1. The van der Waals surface area contributed by atoms with Crippen LogP contribution in [0, 0.1) is 18.5 Å². The van der Waals surface area contributed by atoms with Gasteiger partial charge < -0.3 is 14.8 Å². The molecule has 0 bridgehead atoms. The molecule has 0 saturated carbocycles. The molecule has 0 fully saturated rings. The second kappa shape index (κ2) is 11.2. The van der Waals surface area contributed by atoms with Crippen LogP contribution in [0.2, 0.25) is 0 Å². The van der Waals surface area contributed by atoms with E-state index in [1.807, 2.05) is 48.5 Å². The van der Waals surface area contributed by atoms with Crippen LogP contribution in [-0.2, 0) is 11.4 Å². The first-order chi connectivity index (χ1) is 15.0. The van der Waals surface area contributed by atoms with Gasteiger partial charge in [0.15, 0.2) is 0 Å². The van der Waals surface area contributed by atoms with Crippen molar-refractivity contribution in [3.63, 3.8) is 0 Å². The molecule has 1 amide bonds. The Labute approximate surface area is 208 Å². The molecule has 3 aromatic carbocycles. The van der Waals surface area contributed by atoms with E-state index in [4.69, 9.17) is 9.47 Å². The molecule has 0 spiro atoms. The maximum atomic E-state index is 12.5. The molecule has 1 N–H and O–H groups in total.